The summed E-state index contributed by atoms with van der Waals surface area (Å²) >= 11 is 0. The summed E-state index contributed by atoms with van der Waals surface area (Å²) in [7, 11) is 0. The quantitative estimate of drug-likeness (QED) is 0.291. The number of esters is 1. The lowest BCUT2D eigenvalue weighted by molar-refractivity contribution is -0.532. The first kappa shape index (κ1) is 10.7. The average Bonchev–Trinajstić information content (AvgIpc) is 2.01. The number of nitrogens with zero attached hydrogens (tertiary/aromatic N) is 1. The SMILES string of the molecule is CC(=O)O[C@H]1C=C(C)CC[C@H]1[N+](=O)[O-]. The van der Waals surface area contributed by atoms with E-state index in [9.17, 15) is 14.9 Å². The summed E-state index contributed by atoms with van der Waals surface area (Å²) in [6, 6.07) is -0.789. The molecular weight excluding hydrogens is 186 g/mol. The molecule has 0 bridgehead atoms. The highest BCUT2D eigenvalue weighted by Crippen LogP contribution is 2.22. The van der Waals surface area contributed by atoms with Gasteiger partial charge in [-0.15, -0.1) is 0 Å². The van der Waals surface area contributed by atoms with E-state index >= 15 is 0 Å². The van der Waals surface area contributed by atoms with Gasteiger partial charge in [0.05, 0.1) is 0 Å². The molecule has 0 aliphatic heterocycles. The fourth-order valence-corrected chi connectivity index (χ4v) is 1.54. The van der Waals surface area contributed by atoms with Crippen LogP contribution < -0.4 is 0 Å². The molecule has 0 amide bonds. The van der Waals surface area contributed by atoms with E-state index in [4.69, 9.17) is 4.74 Å². The van der Waals surface area contributed by atoms with Gasteiger partial charge in [-0.1, -0.05) is 5.57 Å². The van der Waals surface area contributed by atoms with Crippen LogP contribution in [0.2, 0.25) is 0 Å². The number of rotatable bonds is 2. The van der Waals surface area contributed by atoms with E-state index in [1.54, 1.807) is 6.08 Å². The minimum atomic E-state index is -0.789. The van der Waals surface area contributed by atoms with Crippen LogP contribution in [-0.4, -0.2) is 23.0 Å². The average molecular weight is 199 g/mol. The number of hydrogen-bond donors (Lipinski definition) is 0. The van der Waals surface area contributed by atoms with Crippen molar-refractivity contribution in [1.29, 1.82) is 0 Å². The van der Waals surface area contributed by atoms with Crippen molar-refractivity contribution < 1.29 is 14.5 Å². The molecule has 0 aromatic rings. The number of allylic oxidation sites excluding steroid dienone is 1. The first-order valence-corrected chi connectivity index (χ1v) is 4.48. The van der Waals surface area contributed by atoms with Crippen LogP contribution in [0.25, 0.3) is 0 Å². The maximum atomic E-state index is 10.7. The van der Waals surface area contributed by atoms with Crippen LogP contribution in [0.3, 0.4) is 0 Å². The van der Waals surface area contributed by atoms with E-state index in [0.717, 1.165) is 5.57 Å². The lowest BCUT2D eigenvalue weighted by Crippen LogP contribution is -2.37. The first-order valence-electron chi connectivity index (χ1n) is 4.48. The predicted molar refractivity (Wildman–Crippen MR) is 49.3 cm³/mol. The molecule has 0 spiro atoms. The van der Waals surface area contributed by atoms with Crippen molar-refractivity contribution in [2.45, 2.75) is 38.8 Å². The Morgan fingerprint density at radius 1 is 1.71 bits per heavy atom. The highest BCUT2D eigenvalue weighted by molar-refractivity contribution is 5.66. The molecule has 0 N–H and O–H groups in total. The number of hydrogen-bond acceptors (Lipinski definition) is 4. The second-order valence-corrected chi connectivity index (χ2v) is 3.48. The Labute approximate surface area is 81.9 Å². The van der Waals surface area contributed by atoms with E-state index in [1.807, 2.05) is 6.92 Å². The van der Waals surface area contributed by atoms with E-state index in [1.165, 1.54) is 6.92 Å². The van der Waals surface area contributed by atoms with Gasteiger partial charge in [0.1, 0.15) is 0 Å². The number of carbonyl (C=O) groups is 1. The molecular formula is C9H13NO4. The zero-order valence-electron chi connectivity index (χ0n) is 8.23. The van der Waals surface area contributed by atoms with Crippen LogP contribution in [-0.2, 0) is 9.53 Å². The van der Waals surface area contributed by atoms with Gasteiger partial charge >= 0.3 is 5.97 Å². The third-order valence-electron chi connectivity index (χ3n) is 2.24. The van der Waals surface area contributed by atoms with Gasteiger partial charge in [-0.2, -0.15) is 0 Å². The summed E-state index contributed by atoms with van der Waals surface area (Å²) in [5, 5.41) is 10.6. The van der Waals surface area contributed by atoms with Crippen LogP contribution in [0, 0.1) is 10.1 Å². The van der Waals surface area contributed by atoms with Crippen molar-refractivity contribution in [1.82, 2.24) is 0 Å². The van der Waals surface area contributed by atoms with Gasteiger partial charge in [-0.05, 0) is 19.4 Å². The molecule has 0 saturated heterocycles. The Morgan fingerprint density at radius 2 is 2.36 bits per heavy atom. The number of carbonyl (C=O) groups excluding carboxylic acids is 1. The maximum Gasteiger partial charge on any atom is 0.303 e. The molecule has 1 aliphatic rings. The summed E-state index contributed by atoms with van der Waals surface area (Å²) in [6.07, 6.45) is 2.10. The van der Waals surface area contributed by atoms with Crippen molar-refractivity contribution in [3.05, 3.63) is 21.8 Å². The molecule has 0 aromatic carbocycles. The predicted octanol–water partition coefficient (Wildman–Crippen LogP) is 1.30. The third kappa shape index (κ3) is 2.55. The fourth-order valence-electron chi connectivity index (χ4n) is 1.54. The van der Waals surface area contributed by atoms with Crippen molar-refractivity contribution in [3.63, 3.8) is 0 Å². The van der Waals surface area contributed by atoms with Crippen LogP contribution >= 0.6 is 0 Å². The zero-order chi connectivity index (χ0) is 10.7. The Hall–Kier alpha value is -1.39. The van der Waals surface area contributed by atoms with Crippen molar-refractivity contribution >= 4 is 5.97 Å². The second kappa shape index (κ2) is 4.21. The van der Waals surface area contributed by atoms with Gasteiger partial charge in [0.2, 0.25) is 0 Å². The van der Waals surface area contributed by atoms with Crippen molar-refractivity contribution in [3.8, 4) is 0 Å². The first-order chi connectivity index (χ1) is 6.50. The van der Waals surface area contributed by atoms with Crippen LogP contribution in [0.1, 0.15) is 26.7 Å². The number of nitro groups is 1. The summed E-state index contributed by atoms with van der Waals surface area (Å²) in [6.45, 7) is 3.14. The zero-order valence-corrected chi connectivity index (χ0v) is 8.23. The lowest BCUT2D eigenvalue weighted by Gasteiger charge is -2.22. The Kier molecular flexibility index (Phi) is 3.22. The molecule has 5 nitrogen and oxygen atoms in total. The van der Waals surface area contributed by atoms with E-state index in [-0.39, 0.29) is 4.92 Å². The molecule has 14 heavy (non-hydrogen) atoms. The van der Waals surface area contributed by atoms with Crippen molar-refractivity contribution in [2.24, 2.45) is 0 Å². The third-order valence-corrected chi connectivity index (χ3v) is 2.24. The molecule has 0 fully saturated rings. The van der Waals surface area contributed by atoms with Crippen LogP contribution in [0.5, 0.6) is 0 Å². The minimum absolute atomic E-state index is 0.378. The molecule has 0 aromatic heterocycles. The molecule has 1 aliphatic carbocycles. The minimum Gasteiger partial charge on any atom is -0.451 e. The van der Waals surface area contributed by atoms with E-state index < -0.39 is 18.1 Å². The fraction of sp³-hybridized carbons (Fsp3) is 0.667. The topological polar surface area (TPSA) is 69.4 Å². The smallest absolute Gasteiger partial charge is 0.303 e. The van der Waals surface area contributed by atoms with Gasteiger partial charge in [0, 0.05) is 18.3 Å². The van der Waals surface area contributed by atoms with Gasteiger partial charge in [-0.3, -0.25) is 14.9 Å². The van der Waals surface area contributed by atoms with Crippen LogP contribution in [0.15, 0.2) is 11.6 Å². The van der Waals surface area contributed by atoms with Gasteiger partial charge in [0.25, 0.3) is 6.04 Å². The molecule has 0 heterocycles. The maximum absolute atomic E-state index is 10.7. The molecule has 78 valence electrons. The molecule has 2 atom stereocenters. The molecule has 0 unspecified atom stereocenters. The van der Waals surface area contributed by atoms with Gasteiger partial charge in [-0.25, -0.2) is 0 Å². The standard InChI is InChI=1S/C9H13NO4/c1-6-3-4-8(10(12)13)9(5-6)14-7(2)11/h5,8-9H,3-4H2,1-2H3/t8-,9+/m1/s1. The molecule has 1 rings (SSSR count). The number of ether oxygens (including phenoxy) is 1. The Bertz CT molecular complexity index is 285. The highest BCUT2D eigenvalue weighted by Gasteiger charge is 2.34. The highest BCUT2D eigenvalue weighted by atomic mass is 16.6. The van der Waals surface area contributed by atoms with Gasteiger partial charge in [0.15, 0.2) is 6.10 Å². The second-order valence-electron chi connectivity index (χ2n) is 3.48. The summed E-state index contributed by atoms with van der Waals surface area (Å²) in [5.41, 5.74) is 1.04. The Balaban J connectivity index is 2.77. The Morgan fingerprint density at radius 3 is 2.86 bits per heavy atom. The monoisotopic (exact) mass is 199 g/mol. The lowest BCUT2D eigenvalue weighted by atomic mass is 9.94. The summed E-state index contributed by atoms with van der Waals surface area (Å²) < 4.78 is 4.88. The largest absolute Gasteiger partial charge is 0.451 e. The summed E-state index contributed by atoms with van der Waals surface area (Å²) in [4.78, 5) is 21.0. The molecule has 0 radical (unpaired) electrons. The normalized spacial score (nSPS) is 26.6. The molecule has 5 heteroatoms. The van der Waals surface area contributed by atoms with Crippen LogP contribution in [0.4, 0.5) is 0 Å². The van der Waals surface area contributed by atoms with E-state index in [0.29, 0.717) is 12.8 Å². The van der Waals surface area contributed by atoms with Crippen molar-refractivity contribution in [2.75, 3.05) is 0 Å². The van der Waals surface area contributed by atoms with E-state index in [2.05, 4.69) is 0 Å². The summed E-state index contributed by atoms with van der Waals surface area (Å²) in [5.74, 6) is -0.479. The van der Waals surface area contributed by atoms with Gasteiger partial charge < -0.3 is 4.74 Å². The molecule has 0 saturated carbocycles.